The molecule has 1 rings (SSSR count). The fourth-order valence-electron chi connectivity index (χ4n) is 1.20. The van der Waals surface area contributed by atoms with Crippen LogP contribution in [0.1, 0.15) is 12.5 Å². The third kappa shape index (κ3) is 4.04. The molecule has 86 valence electrons. The first kappa shape index (κ1) is 12.1. The largest absolute Gasteiger partial charge is 0.497 e. The van der Waals surface area contributed by atoms with E-state index in [1.54, 1.807) is 14.0 Å². The number of allylic oxidation sites excluding steroid dienone is 1. The first-order valence-corrected chi connectivity index (χ1v) is 4.95. The molecule has 2 amide bonds. The van der Waals surface area contributed by atoms with E-state index in [1.165, 1.54) is 0 Å². The third-order valence-corrected chi connectivity index (χ3v) is 1.91. The summed E-state index contributed by atoms with van der Waals surface area (Å²) in [7, 11) is 1.61. The number of methoxy groups -OCH3 is 1. The first-order valence-electron chi connectivity index (χ1n) is 4.95. The van der Waals surface area contributed by atoms with Gasteiger partial charge in [0.25, 0.3) is 0 Å². The molecule has 0 spiro atoms. The van der Waals surface area contributed by atoms with Crippen LogP contribution in [0.4, 0.5) is 4.79 Å². The van der Waals surface area contributed by atoms with E-state index in [4.69, 9.17) is 4.74 Å². The molecule has 0 radical (unpaired) electrons. The van der Waals surface area contributed by atoms with Crippen LogP contribution in [0.2, 0.25) is 0 Å². The van der Waals surface area contributed by atoms with E-state index < -0.39 is 0 Å². The van der Waals surface area contributed by atoms with Crippen molar-refractivity contribution in [2.24, 2.45) is 0 Å². The highest BCUT2D eigenvalue weighted by molar-refractivity contribution is 5.75. The maximum Gasteiger partial charge on any atom is 0.319 e. The van der Waals surface area contributed by atoms with Gasteiger partial charge in [-0.1, -0.05) is 18.7 Å². The van der Waals surface area contributed by atoms with Crippen LogP contribution in [0.5, 0.6) is 5.75 Å². The SMILES string of the molecule is C=C(C)NC(=O)NCc1cccc(OC)c1. The van der Waals surface area contributed by atoms with Crippen molar-refractivity contribution in [2.45, 2.75) is 13.5 Å². The van der Waals surface area contributed by atoms with Gasteiger partial charge in [-0.2, -0.15) is 0 Å². The highest BCUT2D eigenvalue weighted by Crippen LogP contribution is 2.11. The molecule has 0 aromatic heterocycles. The summed E-state index contributed by atoms with van der Waals surface area (Å²) in [5, 5.41) is 5.28. The smallest absolute Gasteiger partial charge is 0.319 e. The number of carbonyl (C=O) groups excluding carboxylic acids is 1. The Labute approximate surface area is 95.3 Å². The fraction of sp³-hybridized carbons (Fsp3) is 0.250. The van der Waals surface area contributed by atoms with E-state index in [0.717, 1.165) is 11.3 Å². The topological polar surface area (TPSA) is 50.4 Å². The predicted octanol–water partition coefficient (Wildman–Crippen LogP) is 2.03. The van der Waals surface area contributed by atoms with Gasteiger partial charge in [0.05, 0.1) is 7.11 Å². The van der Waals surface area contributed by atoms with Gasteiger partial charge in [0.15, 0.2) is 0 Å². The summed E-state index contributed by atoms with van der Waals surface area (Å²) in [6.45, 7) is 5.77. The van der Waals surface area contributed by atoms with E-state index in [0.29, 0.717) is 12.2 Å². The minimum atomic E-state index is -0.254. The van der Waals surface area contributed by atoms with Crippen molar-refractivity contribution in [1.82, 2.24) is 10.6 Å². The molecule has 0 aliphatic heterocycles. The van der Waals surface area contributed by atoms with Gasteiger partial charge in [0, 0.05) is 12.2 Å². The van der Waals surface area contributed by atoms with E-state index in [2.05, 4.69) is 17.2 Å². The van der Waals surface area contributed by atoms with E-state index in [-0.39, 0.29) is 6.03 Å². The summed E-state index contributed by atoms with van der Waals surface area (Å²) in [6.07, 6.45) is 0. The van der Waals surface area contributed by atoms with Crippen molar-refractivity contribution in [3.05, 3.63) is 42.1 Å². The zero-order chi connectivity index (χ0) is 12.0. The zero-order valence-electron chi connectivity index (χ0n) is 9.54. The summed E-state index contributed by atoms with van der Waals surface area (Å²) in [6, 6.07) is 7.28. The number of rotatable bonds is 4. The maximum atomic E-state index is 11.3. The standard InChI is InChI=1S/C12H16N2O2/c1-9(2)14-12(15)13-8-10-5-4-6-11(7-10)16-3/h4-7H,1,8H2,2-3H3,(H2,13,14,15). The van der Waals surface area contributed by atoms with Crippen molar-refractivity contribution >= 4 is 6.03 Å². The predicted molar refractivity (Wildman–Crippen MR) is 63.2 cm³/mol. The number of urea groups is 1. The second-order valence-electron chi connectivity index (χ2n) is 3.44. The molecule has 0 heterocycles. The Morgan fingerprint density at radius 3 is 2.88 bits per heavy atom. The lowest BCUT2D eigenvalue weighted by Crippen LogP contribution is -2.33. The van der Waals surface area contributed by atoms with E-state index in [1.807, 2.05) is 24.3 Å². The zero-order valence-corrected chi connectivity index (χ0v) is 9.54. The molecule has 0 unspecified atom stereocenters. The van der Waals surface area contributed by atoms with E-state index in [9.17, 15) is 4.79 Å². The molecule has 0 aliphatic carbocycles. The summed E-state index contributed by atoms with van der Waals surface area (Å²) in [5.74, 6) is 0.777. The highest BCUT2D eigenvalue weighted by Gasteiger charge is 2.00. The monoisotopic (exact) mass is 220 g/mol. The van der Waals surface area contributed by atoms with Gasteiger partial charge < -0.3 is 15.4 Å². The summed E-state index contributed by atoms with van der Waals surface area (Å²) < 4.78 is 5.08. The molecule has 0 bridgehead atoms. The van der Waals surface area contributed by atoms with Gasteiger partial charge in [0.1, 0.15) is 5.75 Å². The number of benzene rings is 1. The lowest BCUT2D eigenvalue weighted by Gasteiger charge is -2.07. The van der Waals surface area contributed by atoms with Gasteiger partial charge in [-0.15, -0.1) is 0 Å². The molecule has 0 fully saturated rings. The highest BCUT2D eigenvalue weighted by atomic mass is 16.5. The molecule has 4 heteroatoms. The quantitative estimate of drug-likeness (QED) is 0.815. The molecule has 0 saturated carbocycles. The molecule has 0 aliphatic rings. The number of hydrogen-bond donors (Lipinski definition) is 2. The fourth-order valence-corrected chi connectivity index (χ4v) is 1.20. The number of nitrogens with one attached hydrogen (secondary N) is 2. The Hall–Kier alpha value is -1.97. The van der Waals surface area contributed by atoms with Crippen molar-refractivity contribution in [2.75, 3.05) is 7.11 Å². The van der Waals surface area contributed by atoms with Crippen molar-refractivity contribution < 1.29 is 9.53 Å². The molecule has 2 N–H and O–H groups in total. The molecule has 0 atom stereocenters. The van der Waals surface area contributed by atoms with Crippen LogP contribution < -0.4 is 15.4 Å². The second kappa shape index (κ2) is 5.80. The van der Waals surface area contributed by atoms with Crippen LogP contribution in [-0.4, -0.2) is 13.1 Å². The van der Waals surface area contributed by atoms with Crippen LogP contribution in [-0.2, 0) is 6.54 Å². The number of amides is 2. The average Bonchev–Trinajstić information content (AvgIpc) is 2.26. The Balaban J connectivity index is 2.47. The summed E-state index contributed by atoms with van der Waals surface area (Å²) in [4.78, 5) is 11.3. The van der Waals surface area contributed by atoms with Crippen LogP contribution in [0.15, 0.2) is 36.5 Å². The Bertz CT molecular complexity index is 388. The first-order chi connectivity index (χ1) is 7.61. The third-order valence-electron chi connectivity index (χ3n) is 1.91. The molecule has 4 nitrogen and oxygen atoms in total. The van der Waals surface area contributed by atoms with Gasteiger partial charge in [0.2, 0.25) is 0 Å². The molecule has 1 aromatic carbocycles. The number of carbonyl (C=O) groups is 1. The van der Waals surface area contributed by atoms with Gasteiger partial charge in [-0.05, 0) is 24.6 Å². The second-order valence-corrected chi connectivity index (χ2v) is 3.44. The summed E-state index contributed by atoms with van der Waals surface area (Å²) in [5.41, 5.74) is 1.60. The Morgan fingerprint density at radius 1 is 1.50 bits per heavy atom. The number of ether oxygens (including phenoxy) is 1. The lowest BCUT2D eigenvalue weighted by atomic mass is 10.2. The minimum absolute atomic E-state index is 0.254. The van der Waals surface area contributed by atoms with Gasteiger partial charge in [-0.25, -0.2) is 4.79 Å². The Morgan fingerprint density at radius 2 is 2.25 bits per heavy atom. The van der Waals surface area contributed by atoms with Crippen LogP contribution >= 0.6 is 0 Å². The Kier molecular flexibility index (Phi) is 4.39. The van der Waals surface area contributed by atoms with Crippen molar-refractivity contribution in [1.29, 1.82) is 0 Å². The van der Waals surface area contributed by atoms with Gasteiger partial charge >= 0.3 is 6.03 Å². The molecule has 1 aromatic rings. The van der Waals surface area contributed by atoms with Crippen molar-refractivity contribution in [3.63, 3.8) is 0 Å². The maximum absolute atomic E-state index is 11.3. The average molecular weight is 220 g/mol. The van der Waals surface area contributed by atoms with Crippen molar-refractivity contribution in [3.8, 4) is 5.75 Å². The van der Waals surface area contributed by atoms with Crippen LogP contribution in [0, 0.1) is 0 Å². The van der Waals surface area contributed by atoms with Crippen LogP contribution in [0.25, 0.3) is 0 Å². The molecule has 0 saturated heterocycles. The number of hydrogen-bond acceptors (Lipinski definition) is 2. The normalized spacial score (nSPS) is 9.38. The molecular weight excluding hydrogens is 204 g/mol. The lowest BCUT2D eigenvalue weighted by molar-refractivity contribution is 0.243. The minimum Gasteiger partial charge on any atom is -0.497 e. The van der Waals surface area contributed by atoms with Gasteiger partial charge in [-0.3, -0.25) is 0 Å². The van der Waals surface area contributed by atoms with E-state index >= 15 is 0 Å². The summed E-state index contributed by atoms with van der Waals surface area (Å²) >= 11 is 0. The molecule has 16 heavy (non-hydrogen) atoms. The molecular formula is C12H16N2O2. The van der Waals surface area contributed by atoms with Crippen LogP contribution in [0.3, 0.4) is 0 Å².